The largest absolute Gasteiger partial charge is 0.358 e. The van der Waals surface area contributed by atoms with E-state index < -0.39 is 0 Å². The Morgan fingerprint density at radius 1 is 1.03 bits per heavy atom. The number of aryl methyl sites for hydroxylation is 2. The number of aromatic nitrogens is 1. The van der Waals surface area contributed by atoms with Crippen molar-refractivity contribution < 1.29 is 14.0 Å². The fraction of sp³-hybridized carbons (Fsp3) is 0.304. The number of hydrogen-bond donors (Lipinski definition) is 2. The molecule has 3 aromatic rings. The summed E-state index contributed by atoms with van der Waals surface area (Å²) in [6, 6.07) is 11.3. The molecule has 1 saturated heterocycles. The third-order valence-corrected chi connectivity index (χ3v) is 5.78. The highest BCUT2D eigenvalue weighted by atomic mass is 19.1. The number of benzene rings is 2. The van der Waals surface area contributed by atoms with Gasteiger partial charge in [0, 0.05) is 46.9 Å². The molecule has 0 radical (unpaired) electrons. The zero-order valence-corrected chi connectivity index (χ0v) is 16.6. The zero-order chi connectivity index (χ0) is 20.5. The van der Waals surface area contributed by atoms with E-state index in [-0.39, 0.29) is 23.7 Å². The Morgan fingerprint density at radius 3 is 2.38 bits per heavy atom. The van der Waals surface area contributed by atoms with Crippen molar-refractivity contribution in [1.82, 2.24) is 15.2 Å². The number of amides is 2. The number of nitrogens with one attached hydrogen (secondary N) is 2. The highest BCUT2D eigenvalue weighted by molar-refractivity contribution is 5.99. The van der Waals surface area contributed by atoms with E-state index in [2.05, 4.69) is 17.2 Å². The quantitative estimate of drug-likeness (QED) is 0.707. The average molecular weight is 393 g/mol. The van der Waals surface area contributed by atoms with E-state index in [0.717, 1.165) is 22.2 Å². The van der Waals surface area contributed by atoms with Crippen LogP contribution < -0.4 is 5.32 Å². The number of aromatic amines is 1. The summed E-state index contributed by atoms with van der Waals surface area (Å²) in [6.45, 7) is 5.27. The molecule has 0 unspecified atom stereocenters. The van der Waals surface area contributed by atoms with Crippen LogP contribution in [-0.4, -0.2) is 40.8 Å². The maximum absolute atomic E-state index is 13.0. The van der Waals surface area contributed by atoms with Crippen molar-refractivity contribution in [3.8, 4) is 0 Å². The Bertz CT molecular complexity index is 1060. The van der Waals surface area contributed by atoms with Crippen LogP contribution in [0.1, 0.15) is 44.8 Å². The summed E-state index contributed by atoms with van der Waals surface area (Å²) in [5, 5.41) is 4.06. The molecular formula is C23H24FN3O2. The second-order valence-electron chi connectivity index (χ2n) is 7.68. The van der Waals surface area contributed by atoms with Crippen LogP contribution in [0.15, 0.2) is 42.5 Å². The first-order chi connectivity index (χ1) is 13.9. The molecule has 0 saturated carbocycles. The zero-order valence-electron chi connectivity index (χ0n) is 16.6. The molecule has 29 heavy (non-hydrogen) atoms. The number of nitrogens with zero attached hydrogens (tertiary/aromatic N) is 1. The maximum Gasteiger partial charge on any atom is 0.253 e. The van der Waals surface area contributed by atoms with Crippen molar-refractivity contribution in [3.05, 3.63) is 70.7 Å². The van der Waals surface area contributed by atoms with Crippen molar-refractivity contribution in [2.75, 3.05) is 13.1 Å². The maximum atomic E-state index is 13.0. The third-order valence-electron chi connectivity index (χ3n) is 5.78. The standard InChI is InChI=1S/C23H24FN3O2/c1-14-15(2)25-21-8-5-17(13-20(14)21)23(29)27-11-9-19(10-12-27)26-22(28)16-3-6-18(24)7-4-16/h3-8,13,19,25H,9-12H2,1-2H3,(H,26,28). The van der Waals surface area contributed by atoms with Crippen molar-refractivity contribution >= 4 is 22.7 Å². The molecule has 2 N–H and O–H groups in total. The van der Waals surface area contributed by atoms with Crippen LogP contribution in [0.5, 0.6) is 0 Å². The number of carbonyl (C=O) groups excluding carboxylic acids is 2. The molecule has 0 bridgehead atoms. The Hall–Kier alpha value is -3.15. The van der Waals surface area contributed by atoms with Gasteiger partial charge < -0.3 is 15.2 Å². The summed E-state index contributed by atoms with van der Waals surface area (Å²) in [4.78, 5) is 30.4. The molecule has 1 aliphatic heterocycles. The number of carbonyl (C=O) groups is 2. The lowest BCUT2D eigenvalue weighted by atomic mass is 10.0. The predicted octanol–water partition coefficient (Wildman–Crippen LogP) is 3.96. The van der Waals surface area contributed by atoms with Gasteiger partial charge in [-0.1, -0.05) is 0 Å². The van der Waals surface area contributed by atoms with Gasteiger partial charge in [-0.25, -0.2) is 4.39 Å². The fourth-order valence-corrected chi connectivity index (χ4v) is 3.87. The molecule has 6 heteroatoms. The summed E-state index contributed by atoms with van der Waals surface area (Å²) >= 11 is 0. The average Bonchev–Trinajstić information content (AvgIpc) is 3.02. The Labute approximate surface area is 168 Å². The molecule has 2 heterocycles. The molecule has 4 rings (SSSR count). The monoisotopic (exact) mass is 393 g/mol. The van der Waals surface area contributed by atoms with Crippen LogP contribution in [0.2, 0.25) is 0 Å². The van der Waals surface area contributed by atoms with Gasteiger partial charge in [0.05, 0.1) is 0 Å². The van der Waals surface area contributed by atoms with Crippen LogP contribution in [0.4, 0.5) is 4.39 Å². The summed E-state index contributed by atoms with van der Waals surface area (Å²) in [5.41, 5.74) is 4.45. The SMILES string of the molecule is Cc1[nH]c2ccc(C(=O)N3CCC(NC(=O)c4ccc(F)cc4)CC3)cc2c1C. The Kier molecular flexibility index (Phi) is 5.09. The lowest BCUT2D eigenvalue weighted by molar-refractivity contribution is 0.0698. The number of fused-ring (bicyclic) bond motifs is 1. The number of piperidine rings is 1. The minimum atomic E-state index is -0.364. The van der Waals surface area contributed by atoms with Gasteiger partial charge in [0.15, 0.2) is 0 Å². The molecule has 0 aliphatic carbocycles. The van der Waals surface area contributed by atoms with Crippen LogP contribution >= 0.6 is 0 Å². The third kappa shape index (κ3) is 3.88. The minimum Gasteiger partial charge on any atom is -0.358 e. The molecule has 0 spiro atoms. The van der Waals surface area contributed by atoms with E-state index in [9.17, 15) is 14.0 Å². The summed E-state index contributed by atoms with van der Waals surface area (Å²) in [7, 11) is 0. The summed E-state index contributed by atoms with van der Waals surface area (Å²) < 4.78 is 13.0. The predicted molar refractivity (Wildman–Crippen MR) is 111 cm³/mol. The number of H-pyrrole nitrogens is 1. The number of hydrogen-bond acceptors (Lipinski definition) is 2. The van der Waals surface area contributed by atoms with Gasteiger partial charge in [-0.2, -0.15) is 0 Å². The van der Waals surface area contributed by atoms with E-state index in [4.69, 9.17) is 0 Å². The number of likely N-dealkylation sites (tertiary alicyclic amines) is 1. The van der Waals surface area contributed by atoms with Gasteiger partial charge in [-0.05, 0) is 74.7 Å². The molecule has 1 aliphatic rings. The summed E-state index contributed by atoms with van der Waals surface area (Å²) in [6.07, 6.45) is 1.40. The lowest BCUT2D eigenvalue weighted by Crippen LogP contribution is -2.46. The van der Waals surface area contributed by atoms with Crippen molar-refractivity contribution in [3.63, 3.8) is 0 Å². The van der Waals surface area contributed by atoms with E-state index in [1.807, 2.05) is 30.0 Å². The van der Waals surface area contributed by atoms with Gasteiger partial charge in [-0.15, -0.1) is 0 Å². The lowest BCUT2D eigenvalue weighted by Gasteiger charge is -2.32. The molecule has 1 aromatic heterocycles. The molecule has 1 fully saturated rings. The minimum absolute atomic E-state index is 0.00801. The first-order valence-corrected chi connectivity index (χ1v) is 9.87. The van der Waals surface area contributed by atoms with Gasteiger partial charge in [0.25, 0.3) is 11.8 Å². The highest BCUT2D eigenvalue weighted by Crippen LogP contribution is 2.24. The first kappa shape index (κ1) is 19.2. The van der Waals surface area contributed by atoms with Gasteiger partial charge in [0.2, 0.25) is 0 Å². The Morgan fingerprint density at radius 2 is 1.69 bits per heavy atom. The van der Waals surface area contributed by atoms with Crippen LogP contribution in [0.25, 0.3) is 10.9 Å². The van der Waals surface area contributed by atoms with E-state index in [0.29, 0.717) is 37.1 Å². The van der Waals surface area contributed by atoms with Crippen LogP contribution in [0.3, 0.4) is 0 Å². The molecule has 2 aromatic carbocycles. The second-order valence-corrected chi connectivity index (χ2v) is 7.68. The van der Waals surface area contributed by atoms with E-state index in [1.54, 1.807) is 0 Å². The Balaban J connectivity index is 1.37. The number of halogens is 1. The molecular weight excluding hydrogens is 369 g/mol. The van der Waals surface area contributed by atoms with Gasteiger partial charge in [-0.3, -0.25) is 9.59 Å². The first-order valence-electron chi connectivity index (χ1n) is 9.87. The fourth-order valence-electron chi connectivity index (χ4n) is 3.87. The highest BCUT2D eigenvalue weighted by Gasteiger charge is 2.25. The van der Waals surface area contributed by atoms with Crippen LogP contribution in [0, 0.1) is 19.7 Å². The topological polar surface area (TPSA) is 65.2 Å². The molecule has 0 atom stereocenters. The smallest absolute Gasteiger partial charge is 0.253 e. The number of rotatable bonds is 3. The summed E-state index contributed by atoms with van der Waals surface area (Å²) in [5.74, 6) is -0.552. The van der Waals surface area contributed by atoms with Crippen molar-refractivity contribution in [2.24, 2.45) is 0 Å². The molecule has 5 nitrogen and oxygen atoms in total. The van der Waals surface area contributed by atoms with Gasteiger partial charge in [0.1, 0.15) is 5.82 Å². The van der Waals surface area contributed by atoms with E-state index >= 15 is 0 Å². The normalized spacial score (nSPS) is 14.9. The molecule has 150 valence electrons. The molecule has 2 amide bonds. The van der Waals surface area contributed by atoms with Crippen molar-refractivity contribution in [2.45, 2.75) is 32.7 Å². The second kappa shape index (κ2) is 7.70. The van der Waals surface area contributed by atoms with Crippen molar-refractivity contribution in [1.29, 1.82) is 0 Å². The van der Waals surface area contributed by atoms with Gasteiger partial charge >= 0.3 is 0 Å². The van der Waals surface area contributed by atoms with E-state index in [1.165, 1.54) is 24.3 Å². The van der Waals surface area contributed by atoms with Crippen LogP contribution in [-0.2, 0) is 0 Å².